The van der Waals surface area contributed by atoms with E-state index in [2.05, 4.69) is 24.1 Å². The summed E-state index contributed by atoms with van der Waals surface area (Å²) < 4.78 is 27.4. The van der Waals surface area contributed by atoms with Gasteiger partial charge in [0.2, 0.25) is 0 Å². The molecule has 1 amide bonds. The zero-order valence-electron chi connectivity index (χ0n) is 14.3. The lowest BCUT2D eigenvalue weighted by molar-refractivity contribution is -0.100. The molecule has 3 N–H and O–H groups in total. The van der Waals surface area contributed by atoms with E-state index in [9.17, 15) is 13.6 Å². The summed E-state index contributed by atoms with van der Waals surface area (Å²) in [4.78, 5) is 18.1. The van der Waals surface area contributed by atoms with E-state index in [0.29, 0.717) is 19.6 Å². The number of likely N-dealkylation sites (tertiary alicyclic amines) is 1. The highest BCUT2D eigenvalue weighted by Crippen LogP contribution is 2.39. The normalized spacial score (nSPS) is 25.1. The highest BCUT2D eigenvalue weighted by molar-refractivity contribution is 5.91. The van der Waals surface area contributed by atoms with Gasteiger partial charge < -0.3 is 11.1 Å². The molecule has 132 valence electrons. The first-order chi connectivity index (χ1) is 11.1. The average molecular weight is 338 g/mol. The second-order valence-electron chi connectivity index (χ2n) is 7.64. The summed E-state index contributed by atoms with van der Waals surface area (Å²) in [5.74, 6) is -3.85. The number of halogens is 2. The Bertz CT molecular complexity index is 675. The molecule has 0 bridgehead atoms. The number of anilines is 1. The number of primary amides is 1. The fraction of sp³-hybridized carbons (Fsp3) is 0.647. The minimum absolute atomic E-state index is 0.136. The maximum Gasteiger partial charge on any atom is 0.267 e. The van der Waals surface area contributed by atoms with E-state index in [1.165, 1.54) is 0 Å². The second kappa shape index (κ2) is 5.65. The van der Waals surface area contributed by atoms with Crippen LogP contribution >= 0.6 is 0 Å². The number of nitrogens with one attached hydrogen (secondary N) is 1. The fourth-order valence-electron chi connectivity index (χ4n) is 3.48. The molecule has 1 atom stereocenters. The monoisotopic (exact) mass is 338 g/mol. The van der Waals surface area contributed by atoms with E-state index in [4.69, 9.17) is 5.73 Å². The topological polar surface area (TPSA) is 71.2 Å². The third-order valence-corrected chi connectivity index (χ3v) is 5.11. The van der Waals surface area contributed by atoms with Gasteiger partial charge in [-0.25, -0.2) is 13.8 Å². The maximum atomic E-state index is 13.7. The second-order valence-corrected chi connectivity index (χ2v) is 7.64. The van der Waals surface area contributed by atoms with Crippen molar-refractivity contribution in [3.63, 3.8) is 0 Å². The van der Waals surface area contributed by atoms with Gasteiger partial charge >= 0.3 is 0 Å². The number of aromatic nitrogens is 1. The van der Waals surface area contributed by atoms with Crippen molar-refractivity contribution in [1.82, 2.24) is 9.88 Å². The summed E-state index contributed by atoms with van der Waals surface area (Å²) in [6, 6.07) is 1.69. The molecular weight excluding hydrogens is 314 g/mol. The van der Waals surface area contributed by atoms with E-state index >= 15 is 0 Å². The van der Waals surface area contributed by atoms with Gasteiger partial charge in [0, 0.05) is 43.9 Å². The molecule has 1 aromatic heterocycles. The third-order valence-electron chi connectivity index (χ3n) is 5.11. The number of carbonyl (C=O) groups excluding carboxylic acids is 1. The Morgan fingerprint density at radius 1 is 1.50 bits per heavy atom. The Morgan fingerprint density at radius 2 is 2.21 bits per heavy atom. The van der Waals surface area contributed by atoms with Crippen LogP contribution in [-0.4, -0.2) is 41.3 Å². The van der Waals surface area contributed by atoms with Crippen LogP contribution in [0.5, 0.6) is 0 Å². The summed E-state index contributed by atoms with van der Waals surface area (Å²) in [5.41, 5.74) is 8.09. The van der Waals surface area contributed by atoms with E-state index in [1.807, 2.05) is 4.90 Å². The zero-order chi connectivity index (χ0) is 17.7. The van der Waals surface area contributed by atoms with E-state index in [0.717, 1.165) is 23.5 Å². The molecule has 1 aromatic rings. The molecule has 3 heterocycles. The number of piperidine rings is 1. The smallest absolute Gasteiger partial charge is 0.267 e. The molecule has 0 saturated carbocycles. The predicted octanol–water partition coefficient (Wildman–Crippen LogP) is 2.36. The lowest BCUT2D eigenvalue weighted by Gasteiger charge is -2.37. The van der Waals surface area contributed by atoms with Gasteiger partial charge in [-0.1, -0.05) is 20.8 Å². The largest absolute Gasteiger partial charge is 0.382 e. The highest BCUT2D eigenvalue weighted by Gasteiger charge is 2.41. The first-order valence-corrected chi connectivity index (χ1v) is 8.28. The van der Waals surface area contributed by atoms with Crippen LogP contribution in [0, 0.1) is 5.92 Å². The van der Waals surface area contributed by atoms with Crippen LogP contribution in [0.3, 0.4) is 0 Å². The highest BCUT2D eigenvalue weighted by atomic mass is 19.3. The Hall–Kier alpha value is -1.76. The summed E-state index contributed by atoms with van der Waals surface area (Å²) in [6.07, 6.45) is -0.136. The third kappa shape index (κ3) is 2.97. The Kier molecular flexibility index (Phi) is 4.02. The summed E-state index contributed by atoms with van der Waals surface area (Å²) in [5, 5.41) is 3.35. The number of amides is 1. The minimum Gasteiger partial charge on any atom is -0.382 e. The standard InChI is InChI=1S/C17H24F2N4O/c1-10-7-23(5-4-17(10,18)19)8-11-6-12(15(20)24)22-14-13(11)21-9-16(14,2)3/h6,10,21H,4-5,7-9H2,1-3H3,(H2,20,24)/t10-/m1/s1. The number of nitrogens with two attached hydrogens (primary N) is 1. The molecule has 0 aromatic carbocycles. The molecule has 0 unspecified atom stereocenters. The van der Waals surface area contributed by atoms with Crippen LogP contribution in [0.4, 0.5) is 14.5 Å². The van der Waals surface area contributed by atoms with Crippen molar-refractivity contribution in [1.29, 1.82) is 0 Å². The number of hydrogen-bond donors (Lipinski definition) is 2. The Morgan fingerprint density at radius 3 is 2.83 bits per heavy atom. The maximum absolute atomic E-state index is 13.7. The van der Waals surface area contributed by atoms with Gasteiger partial charge in [-0.2, -0.15) is 0 Å². The fourth-order valence-corrected chi connectivity index (χ4v) is 3.48. The molecule has 3 rings (SSSR count). The zero-order valence-corrected chi connectivity index (χ0v) is 14.3. The number of carbonyl (C=O) groups is 1. The molecule has 5 nitrogen and oxygen atoms in total. The van der Waals surface area contributed by atoms with Crippen molar-refractivity contribution in [3.8, 4) is 0 Å². The van der Waals surface area contributed by atoms with E-state index in [-0.39, 0.29) is 17.5 Å². The van der Waals surface area contributed by atoms with Gasteiger partial charge in [-0.15, -0.1) is 0 Å². The number of fused-ring (bicyclic) bond motifs is 1. The van der Waals surface area contributed by atoms with Crippen LogP contribution in [0.1, 0.15) is 48.9 Å². The SMILES string of the molecule is C[C@@H]1CN(Cc2cc(C(N)=O)nc3c2NCC3(C)C)CCC1(F)F. The van der Waals surface area contributed by atoms with Gasteiger partial charge in [0.05, 0.1) is 11.4 Å². The van der Waals surface area contributed by atoms with Crippen molar-refractivity contribution in [2.45, 2.75) is 45.1 Å². The van der Waals surface area contributed by atoms with Gasteiger partial charge in [0.1, 0.15) is 5.69 Å². The lowest BCUT2D eigenvalue weighted by atomic mass is 9.90. The quantitative estimate of drug-likeness (QED) is 0.887. The van der Waals surface area contributed by atoms with Crippen LogP contribution < -0.4 is 11.1 Å². The minimum atomic E-state index is -2.60. The number of rotatable bonds is 3. The van der Waals surface area contributed by atoms with Crippen molar-refractivity contribution >= 4 is 11.6 Å². The molecule has 1 fully saturated rings. The molecule has 24 heavy (non-hydrogen) atoms. The van der Waals surface area contributed by atoms with Crippen molar-refractivity contribution in [2.24, 2.45) is 11.7 Å². The molecule has 7 heteroatoms. The summed E-state index contributed by atoms with van der Waals surface area (Å²) >= 11 is 0. The predicted molar refractivity (Wildman–Crippen MR) is 88.3 cm³/mol. The summed E-state index contributed by atoms with van der Waals surface area (Å²) in [7, 11) is 0. The molecular formula is C17H24F2N4O. The van der Waals surface area contributed by atoms with E-state index < -0.39 is 17.7 Å². The van der Waals surface area contributed by atoms with E-state index in [1.54, 1.807) is 13.0 Å². The number of pyridine rings is 1. The van der Waals surface area contributed by atoms with Crippen LogP contribution in [0.15, 0.2) is 6.07 Å². The van der Waals surface area contributed by atoms with Crippen LogP contribution in [0.2, 0.25) is 0 Å². The molecule has 0 radical (unpaired) electrons. The molecule has 1 saturated heterocycles. The number of hydrogen-bond acceptors (Lipinski definition) is 4. The molecule has 2 aliphatic rings. The first kappa shape index (κ1) is 17.1. The van der Waals surface area contributed by atoms with Crippen molar-refractivity contribution < 1.29 is 13.6 Å². The van der Waals surface area contributed by atoms with Gasteiger partial charge in [0.15, 0.2) is 0 Å². The van der Waals surface area contributed by atoms with Crippen LogP contribution in [-0.2, 0) is 12.0 Å². The first-order valence-electron chi connectivity index (χ1n) is 8.28. The van der Waals surface area contributed by atoms with Gasteiger partial charge in [-0.3, -0.25) is 9.69 Å². The number of nitrogens with zero attached hydrogens (tertiary/aromatic N) is 2. The summed E-state index contributed by atoms with van der Waals surface area (Å²) in [6.45, 7) is 7.59. The van der Waals surface area contributed by atoms with Crippen LogP contribution in [0.25, 0.3) is 0 Å². The lowest BCUT2D eigenvalue weighted by Crippen LogP contribution is -2.45. The Labute approximate surface area is 140 Å². The molecule has 2 aliphatic heterocycles. The molecule has 0 aliphatic carbocycles. The Balaban J connectivity index is 1.90. The van der Waals surface area contributed by atoms with Gasteiger partial charge in [-0.05, 0) is 11.6 Å². The van der Waals surface area contributed by atoms with Gasteiger partial charge in [0.25, 0.3) is 11.8 Å². The van der Waals surface area contributed by atoms with Crippen molar-refractivity contribution in [2.75, 3.05) is 25.0 Å². The average Bonchev–Trinajstić information content (AvgIpc) is 2.79. The molecule has 0 spiro atoms. The van der Waals surface area contributed by atoms with Crippen molar-refractivity contribution in [3.05, 3.63) is 23.0 Å². The number of alkyl halides is 2.